The Morgan fingerprint density at radius 3 is 2.38 bits per heavy atom. The van der Waals surface area contributed by atoms with E-state index in [1.807, 2.05) is 0 Å². The molecule has 1 fully saturated rings. The highest BCUT2D eigenvalue weighted by atomic mass is 16.3. The Labute approximate surface area is 81.0 Å². The zero-order valence-electron chi connectivity index (χ0n) is 8.41. The molecule has 2 heteroatoms. The summed E-state index contributed by atoms with van der Waals surface area (Å²) >= 11 is 0. The van der Waals surface area contributed by atoms with Crippen molar-refractivity contribution in [2.24, 2.45) is 5.92 Å². The predicted octanol–water partition coefficient (Wildman–Crippen LogP) is 2.09. The summed E-state index contributed by atoms with van der Waals surface area (Å²) < 4.78 is 0. The van der Waals surface area contributed by atoms with E-state index in [0.29, 0.717) is 12.5 Å². The Bertz CT molecular complexity index is 125. The first-order chi connectivity index (χ1) is 6.34. The van der Waals surface area contributed by atoms with Crippen LogP contribution >= 0.6 is 0 Å². The minimum absolute atomic E-state index is 0.0159. The molecule has 0 aromatic rings. The molecule has 1 rings (SSSR count). The van der Waals surface area contributed by atoms with Crippen LogP contribution in [0.25, 0.3) is 0 Å². The van der Waals surface area contributed by atoms with Crippen LogP contribution in [0.2, 0.25) is 0 Å². The molecule has 0 saturated heterocycles. The van der Waals surface area contributed by atoms with Crippen molar-refractivity contribution in [2.45, 2.75) is 57.5 Å². The first kappa shape index (κ1) is 11.0. The number of hydrogen-bond acceptors (Lipinski definition) is 2. The topological polar surface area (TPSA) is 40.5 Å². The summed E-state index contributed by atoms with van der Waals surface area (Å²) in [5.41, 5.74) is 0. The van der Waals surface area contributed by atoms with Crippen LogP contribution in [0, 0.1) is 5.92 Å². The lowest BCUT2D eigenvalue weighted by Crippen LogP contribution is -2.12. The lowest BCUT2D eigenvalue weighted by Gasteiger charge is -2.13. The molecule has 0 amide bonds. The zero-order valence-corrected chi connectivity index (χ0v) is 8.41. The van der Waals surface area contributed by atoms with E-state index in [1.54, 1.807) is 0 Å². The molecular weight excluding hydrogens is 164 g/mol. The fourth-order valence-electron chi connectivity index (χ4n) is 2.23. The lowest BCUT2D eigenvalue weighted by atomic mass is 9.98. The zero-order chi connectivity index (χ0) is 9.52. The SMILES string of the molecule is OCCCCCCC1CCCC1O. The van der Waals surface area contributed by atoms with Crippen molar-refractivity contribution >= 4 is 0 Å². The average Bonchev–Trinajstić information content (AvgIpc) is 2.52. The highest BCUT2D eigenvalue weighted by Gasteiger charge is 2.23. The van der Waals surface area contributed by atoms with Crippen molar-refractivity contribution in [1.82, 2.24) is 0 Å². The van der Waals surface area contributed by atoms with Crippen molar-refractivity contribution < 1.29 is 10.2 Å². The second-order valence-corrected chi connectivity index (χ2v) is 4.18. The van der Waals surface area contributed by atoms with Crippen LogP contribution in [-0.2, 0) is 0 Å². The van der Waals surface area contributed by atoms with Gasteiger partial charge < -0.3 is 10.2 Å². The van der Waals surface area contributed by atoms with Crippen molar-refractivity contribution in [1.29, 1.82) is 0 Å². The van der Waals surface area contributed by atoms with Gasteiger partial charge in [-0.25, -0.2) is 0 Å². The first-order valence-corrected chi connectivity index (χ1v) is 5.63. The average molecular weight is 186 g/mol. The van der Waals surface area contributed by atoms with Gasteiger partial charge in [0.1, 0.15) is 0 Å². The summed E-state index contributed by atoms with van der Waals surface area (Å²) in [7, 11) is 0. The Kier molecular flexibility index (Phi) is 5.40. The van der Waals surface area contributed by atoms with Crippen LogP contribution in [0.15, 0.2) is 0 Å². The summed E-state index contributed by atoms with van der Waals surface area (Å²) in [5, 5.41) is 18.1. The third-order valence-corrected chi connectivity index (χ3v) is 3.10. The number of aliphatic hydroxyl groups excluding tert-OH is 2. The molecule has 0 heterocycles. The third-order valence-electron chi connectivity index (χ3n) is 3.10. The second kappa shape index (κ2) is 6.39. The molecule has 0 aromatic carbocycles. The molecule has 0 bridgehead atoms. The van der Waals surface area contributed by atoms with Crippen molar-refractivity contribution in [3.63, 3.8) is 0 Å². The molecule has 2 nitrogen and oxygen atoms in total. The maximum atomic E-state index is 9.55. The van der Waals surface area contributed by atoms with Crippen LogP contribution in [0.5, 0.6) is 0 Å². The molecule has 1 saturated carbocycles. The minimum Gasteiger partial charge on any atom is -0.396 e. The molecular formula is C11H22O2. The van der Waals surface area contributed by atoms with Crippen LogP contribution in [0.3, 0.4) is 0 Å². The Morgan fingerprint density at radius 2 is 1.77 bits per heavy atom. The summed E-state index contributed by atoms with van der Waals surface area (Å²) in [6.07, 6.45) is 9.13. The summed E-state index contributed by atoms with van der Waals surface area (Å²) in [6.45, 7) is 0.325. The molecule has 2 unspecified atom stereocenters. The van der Waals surface area contributed by atoms with Gasteiger partial charge in [0, 0.05) is 6.61 Å². The van der Waals surface area contributed by atoms with Crippen LogP contribution in [0.1, 0.15) is 51.4 Å². The molecule has 0 aliphatic heterocycles. The highest BCUT2D eigenvalue weighted by molar-refractivity contribution is 4.76. The predicted molar refractivity (Wildman–Crippen MR) is 53.5 cm³/mol. The van der Waals surface area contributed by atoms with E-state index in [4.69, 9.17) is 5.11 Å². The maximum Gasteiger partial charge on any atom is 0.0568 e. The van der Waals surface area contributed by atoms with E-state index in [0.717, 1.165) is 19.3 Å². The van der Waals surface area contributed by atoms with E-state index in [2.05, 4.69) is 0 Å². The van der Waals surface area contributed by atoms with E-state index in [-0.39, 0.29) is 6.10 Å². The van der Waals surface area contributed by atoms with Gasteiger partial charge in [0.2, 0.25) is 0 Å². The van der Waals surface area contributed by atoms with Gasteiger partial charge in [0.05, 0.1) is 6.10 Å². The molecule has 0 radical (unpaired) electrons. The maximum absolute atomic E-state index is 9.55. The van der Waals surface area contributed by atoms with Gasteiger partial charge in [-0.05, 0) is 31.6 Å². The van der Waals surface area contributed by atoms with Crippen LogP contribution in [-0.4, -0.2) is 22.9 Å². The van der Waals surface area contributed by atoms with Gasteiger partial charge in [-0.15, -0.1) is 0 Å². The molecule has 1 aliphatic rings. The van der Waals surface area contributed by atoms with Crippen molar-refractivity contribution in [2.75, 3.05) is 6.61 Å². The molecule has 78 valence electrons. The van der Waals surface area contributed by atoms with E-state index < -0.39 is 0 Å². The number of aliphatic hydroxyl groups is 2. The standard InChI is InChI=1S/C11H22O2/c12-9-4-2-1-3-6-10-7-5-8-11(10)13/h10-13H,1-9H2. The van der Waals surface area contributed by atoms with Gasteiger partial charge in [-0.1, -0.05) is 25.7 Å². The Balaban J connectivity index is 1.93. The molecule has 0 spiro atoms. The minimum atomic E-state index is -0.0159. The largest absolute Gasteiger partial charge is 0.396 e. The van der Waals surface area contributed by atoms with Crippen LogP contribution < -0.4 is 0 Å². The summed E-state index contributed by atoms with van der Waals surface area (Å²) in [6, 6.07) is 0. The first-order valence-electron chi connectivity index (χ1n) is 5.63. The monoisotopic (exact) mass is 186 g/mol. The number of rotatable bonds is 6. The molecule has 13 heavy (non-hydrogen) atoms. The normalized spacial score (nSPS) is 28.2. The van der Waals surface area contributed by atoms with E-state index >= 15 is 0 Å². The van der Waals surface area contributed by atoms with E-state index in [1.165, 1.54) is 32.1 Å². The molecule has 2 atom stereocenters. The number of hydrogen-bond donors (Lipinski definition) is 2. The fraction of sp³-hybridized carbons (Fsp3) is 1.00. The Morgan fingerprint density at radius 1 is 1.00 bits per heavy atom. The molecule has 0 aromatic heterocycles. The van der Waals surface area contributed by atoms with E-state index in [9.17, 15) is 5.11 Å². The van der Waals surface area contributed by atoms with Crippen molar-refractivity contribution in [3.8, 4) is 0 Å². The summed E-state index contributed by atoms with van der Waals surface area (Å²) in [4.78, 5) is 0. The summed E-state index contributed by atoms with van der Waals surface area (Å²) in [5.74, 6) is 0.578. The highest BCUT2D eigenvalue weighted by Crippen LogP contribution is 2.29. The quantitative estimate of drug-likeness (QED) is 0.624. The Hall–Kier alpha value is -0.0800. The van der Waals surface area contributed by atoms with Gasteiger partial charge in [0.15, 0.2) is 0 Å². The third kappa shape index (κ3) is 4.10. The molecule has 1 aliphatic carbocycles. The smallest absolute Gasteiger partial charge is 0.0568 e. The molecule has 2 N–H and O–H groups in total. The van der Waals surface area contributed by atoms with Crippen molar-refractivity contribution in [3.05, 3.63) is 0 Å². The van der Waals surface area contributed by atoms with Gasteiger partial charge in [-0.3, -0.25) is 0 Å². The lowest BCUT2D eigenvalue weighted by molar-refractivity contribution is 0.126. The fourth-order valence-corrected chi connectivity index (χ4v) is 2.23. The van der Waals surface area contributed by atoms with Gasteiger partial charge in [0.25, 0.3) is 0 Å². The second-order valence-electron chi connectivity index (χ2n) is 4.18. The van der Waals surface area contributed by atoms with Gasteiger partial charge >= 0.3 is 0 Å². The number of unbranched alkanes of at least 4 members (excludes halogenated alkanes) is 3. The van der Waals surface area contributed by atoms with Crippen LogP contribution in [0.4, 0.5) is 0 Å². The van der Waals surface area contributed by atoms with Gasteiger partial charge in [-0.2, -0.15) is 0 Å².